The van der Waals surface area contributed by atoms with Gasteiger partial charge < -0.3 is 4.90 Å². The number of halogens is 1. The van der Waals surface area contributed by atoms with E-state index in [4.69, 9.17) is 11.6 Å². The van der Waals surface area contributed by atoms with Crippen LogP contribution in [0.5, 0.6) is 0 Å². The van der Waals surface area contributed by atoms with Gasteiger partial charge in [-0.15, -0.1) is 0 Å². The lowest BCUT2D eigenvalue weighted by atomic mass is 10.2. The number of hydrogen-bond donors (Lipinski definition) is 0. The Bertz CT molecular complexity index is 434. The highest BCUT2D eigenvalue weighted by Gasteiger charge is 2.28. The van der Waals surface area contributed by atoms with E-state index < -0.39 is 0 Å². The molecule has 0 aliphatic carbocycles. The molecule has 0 spiro atoms. The van der Waals surface area contributed by atoms with Crippen LogP contribution in [0.3, 0.4) is 0 Å². The number of aromatic nitrogens is 2. The monoisotopic (exact) mass is 285 g/mol. The lowest BCUT2D eigenvalue weighted by molar-refractivity contribution is 0.637. The average molecular weight is 286 g/mol. The minimum absolute atomic E-state index is 0.271. The van der Waals surface area contributed by atoms with Crippen LogP contribution in [0.1, 0.15) is 39.4 Å². The number of nitrogens with zero attached hydrogens (tertiary/aromatic N) is 3. The molecule has 0 aromatic carbocycles. The number of thioether (sulfide) groups is 1. The molecule has 0 atom stereocenters. The molecule has 0 unspecified atom stereocenters. The van der Waals surface area contributed by atoms with Crippen LogP contribution in [0, 0.1) is 0 Å². The molecule has 5 heteroatoms. The summed E-state index contributed by atoms with van der Waals surface area (Å²) < 4.78 is 0.271. The van der Waals surface area contributed by atoms with Gasteiger partial charge in [-0.1, -0.05) is 25.4 Å². The number of rotatable bonds is 2. The summed E-state index contributed by atoms with van der Waals surface area (Å²) in [6.07, 6.45) is 0. The first kappa shape index (κ1) is 13.9. The van der Waals surface area contributed by atoms with E-state index in [2.05, 4.69) is 42.6 Å². The molecule has 18 heavy (non-hydrogen) atoms. The zero-order valence-corrected chi connectivity index (χ0v) is 13.0. The summed E-state index contributed by atoms with van der Waals surface area (Å²) in [5, 5.41) is 0.541. The topological polar surface area (TPSA) is 29.0 Å². The van der Waals surface area contributed by atoms with E-state index in [-0.39, 0.29) is 4.75 Å². The Labute approximate surface area is 118 Å². The molecule has 0 radical (unpaired) electrons. The maximum absolute atomic E-state index is 6.10. The number of hydrogen-bond acceptors (Lipinski definition) is 4. The van der Waals surface area contributed by atoms with Gasteiger partial charge >= 0.3 is 0 Å². The molecule has 0 amide bonds. The van der Waals surface area contributed by atoms with Crippen LogP contribution in [-0.2, 0) is 0 Å². The van der Waals surface area contributed by atoms with Crippen LogP contribution in [-0.4, -0.2) is 33.6 Å². The third kappa shape index (κ3) is 3.29. The summed E-state index contributed by atoms with van der Waals surface area (Å²) >= 11 is 8.12. The molecule has 0 saturated carbocycles. The highest BCUT2D eigenvalue weighted by Crippen LogP contribution is 2.32. The molecule has 1 aromatic heterocycles. The van der Waals surface area contributed by atoms with E-state index in [0.717, 1.165) is 30.5 Å². The maximum atomic E-state index is 6.10. The smallest absolute Gasteiger partial charge is 0.135 e. The Hall–Kier alpha value is -0.480. The highest BCUT2D eigenvalue weighted by molar-refractivity contribution is 8.00. The molecular weight excluding hydrogens is 266 g/mol. The van der Waals surface area contributed by atoms with Crippen LogP contribution < -0.4 is 4.90 Å². The largest absolute Gasteiger partial charge is 0.354 e. The fourth-order valence-electron chi connectivity index (χ4n) is 2.06. The summed E-state index contributed by atoms with van der Waals surface area (Å²) in [6, 6.07) is 1.87. The lowest BCUT2D eigenvalue weighted by Gasteiger charge is -2.38. The van der Waals surface area contributed by atoms with Crippen molar-refractivity contribution in [2.75, 3.05) is 23.7 Å². The summed E-state index contributed by atoms with van der Waals surface area (Å²) in [5.41, 5.74) is 0. The predicted octanol–water partition coefficient (Wildman–Crippen LogP) is 3.59. The van der Waals surface area contributed by atoms with E-state index >= 15 is 0 Å². The predicted molar refractivity (Wildman–Crippen MR) is 79.9 cm³/mol. The molecule has 3 nitrogen and oxygen atoms in total. The van der Waals surface area contributed by atoms with E-state index in [9.17, 15) is 0 Å². The van der Waals surface area contributed by atoms with Gasteiger partial charge in [-0.25, -0.2) is 9.97 Å². The molecule has 100 valence electrons. The first-order valence-corrected chi connectivity index (χ1v) is 7.67. The Morgan fingerprint density at radius 3 is 2.72 bits per heavy atom. The van der Waals surface area contributed by atoms with Crippen molar-refractivity contribution in [1.82, 2.24) is 9.97 Å². The average Bonchev–Trinajstić information content (AvgIpc) is 2.26. The molecule has 1 aliphatic heterocycles. The highest BCUT2D eigenvalue weighted by atomic mass is 35.5. The van der Waals surface area contributed by atoms with Crippen LogP contribution in [0.4, 0.5) is 5.82 Å². The van der Waals surface area contributed by atoms with E-state index in [1.54, 1.807) is 0 Å². The van der Waals surface area contributed by atoms with Gasteiger partial charge in [-0.2, -0.15) is 11.8 Å². The second-order valence-electron chi connectivity index (χ2n) is 5.59. The van der Waals surface area contributed by atoms with Crippen molar-refractivity contribution in [3.05, 3.63) is 17.0 Å². The SMILES string of the molecule is CC(C)c1nc(Cl)cc(N2CCSC(C)(C)C2)n1. The molecule has 0 N–H and O–H groups in total. The summed E-state index contributed by atoms with van der Waals surface area (Å²) in [4.78, 5) is 11.2. The second-order valence-corrected chi connectivity index (χ2v) is 7.78. The van der Waals surface area contributed by atoms with Gasteiger partial charge in [0.1, 0.15) is 16.8 Å². The van der Waals surface area contributed by atoms with Gasteiger partial charge in [0.15, 0.2) is 0 Å². The zero-order chi connectivity index (χ0) is 13.3. The van der Waals surface area contributed by atoms with Gasteiger partial charge in [0.25, 0.3) is 0 Å². The Morgan fingerprint density at radius 1 is 1.39 bits per heavy atom. The van der Waals surface area contributed by atoms with E-state index in [0.29, 0.717) is 11.1 Å². The fraction of sp³-hybridized carbons (Fsp3) is 0.692. The Kier molecular flexibility index (Phi) is 4.07. The first-order chi connectivity index (χ1) is 8.37. The normalized spacial score (nSPS) is 19.3. The minimum atomic E-state index is 0.271. The molecule has 2 rings (SSSR count). The van der Waals surface area contributed by atoms with Crippen LogP contribution in [0.25, 0.3) is 0 Å². The third-order valence-corrected chi connectivity index (χ3v) is 4.46. The van der Waals surface area contributed by atoms with Crippen molar-refractivity contribution in [1.29, 1.82) is 0 Å². The Morgan fingerprint density at radius 2 is 2.11 bits per heavy atom. The van der Waals surface area contributed by atoms with Crippen molar-refractivity contribution in [2.45, 2.75) is 38.4 Å². The fourth-order valence-corrected chi connectivity index (χ4v) is 3.35. The standard InChI is InChI=1S/C13H20ClN3S/c1-9(2)12-15-10(14)7-11(16-12)17-5-6-18-13(3,4)8-17/h7,9H,5-6,8H2,1-4H3. The van der Waals surface area contributed by atoms with Crippen molar-refractivity contribution in [2.24, 2.45) is 0 Å². The molecule has 2 heterocycles. The molecule has 1 fully saturated rings. The van der Waals surface area contributed by atoms with Crippen LogP contribution in [0.2, 0.25) is 5.15 Å². The van der Waals surface area contributed by atoms with Crippen LogP contribution in [0.15, 0.2) is 6.07 Å². The minimum Gasteiger partial charge on any atom is -0.354 e. The van der Waals surface area contributed by atoms with Gasteiger partial charge in [-0.3, -0.25) is 0 Å². The van der Waals surface area contributed by atoms with Gasteiger partial charge in [0, 0.05) is 35.6 Å². The van der Waals surface area contributed by atoms with Crippen molar-refractivity contribution in [3.8, 4) is 0 Å². The molecule has 1 aliphatic rings. The maximum Gasteiger partial charge on any atom is 0.135 e. The quantitative estimate of drug-likeness (QED) is 0.777. The van der Waals surface area contributed by atoms with Crippen LogP contribution >= 0.6 is 23.4 Å². The first-order valence-electron chi connectivity index (χ1n) is 6.31. The van der Waals surface area contributed by atoms with Gasteiger partial charge in [0.2, 0.25) is 0 Å². The third-order valence-electron chi connectivity index (χ3n) is 2.96. The van der Waals surface area contributed by atoms with Gasteiger partial charge in [-0.05, 0) is 13.8 Å². The van der Waals surface area contributed by atoms with Gasteiger partial charge in [0.05, 0.1) is 0 Å². The summed E-state index contributed by atoms with van der Waals surface area (Å²) in [6.45, 7) is 10.8. The molecule has 1 saturated heterocycles. The van der Waals surface area contributed by atoms with Crippen molar-refractivity contribution < 1.29 is 0 Å². The summed E-state index contributed by atoms with van der Waals surface area (Å²) in [5.74, 6) is 3.22. The second kappa shape index (κ2) is 5.25. The molecular formula is C13H20ClN3S. The van der Waals surface area contributed by atoms with E-state index in [1.807, 2.05) is 17.8 Å². The summed E-state index contributed by atoms with van der Waals surface area (Å²) in [7, 11) is 0. The zero-order valence-electron chi connectivity index (χ0n) is 11.4. The molecule has 1 aromatic rings. The lowest BCUT2D eigenvalue weighted by Crippen LogP contribution is -2.43. The number of anilines is 1. The van der Waals surface area contributed by atoms with Crippen molar-refractivity contribution >= 4 is 29.2 Å². The Balaban J connectivity index is 2.27. The van der Waals surface area contributed by atoms with Crippen molar-refractivity contribution in [3.63, 3.8) is 0 Å². The molecule has 0 bridgehead atoms. The van der Waals surface area contributed by atoms with E-state index in [1.165, 1.54) is 0 Å².